The first kappa shape index (κ1) is 18.1. The van der Waals surface area contributed by atoms with Crippen molar-refractivity contribution in [3.63, 3.8) is 0 Å². The van der Waals surface area contributed by atoms with Gasteiger partial charge in [-0.1, -0.05) is 30.3 Å². The maximum atomic E-state index is 12.5. The van der Waals surface area contributed by atoms with Crippen LogP contribution in [0.4, 0.5) is 0 Å². The molecule has 1 aromatic carbocycles. The number of hydrogen-bond acceptors (Lipinski definition) is 6. The molecule has 7 nitrogen and oxygen atoms in total. The van der Waals surface area contributed by atoms with Gasteiger partial charge in [-0.2, -0.15) is 0 Å². The lowest BCUT2D eigenvalue weighted by Crippen LogP contribution is -2.31. The van der Waals surface area contributed by atoms with Crippen molar-refractivity contribution in [1.29, 1.82) is 0 Å². The standard InChI is InChI=1S/C18H18N2O5/c1-3-25-14(21)10-20-18(24)15-16(22)11(2)13(9-19-15)17(23)12-7-5-4-6-8-12/h4-9,22H,3,10H2,1-2H3,(H,20,24). The lowest BCUT2D eigenvalue weighted by atomic mass is 9.99. The fraction of sp³-hybridized carbons (Fsp3) is 0.222. The van der Waals surface area contributed by atoms with Gasteiger partial charge in [-0.05, 0) is 13.8 Å². The average molecular weight is 342 g/mol. The number of hydrogen-bond donors (Lipinski definition) is 2. The van der Waals surface area contributed by atoms with E-state index < -0.39 is 17.6 Å². The molecule has 0 aliphatic carbocycles. The van der Waals surface area contributed by atoms with Gasteiger partial charge in [-0.25, -0.2) is 4.98 Å². The van der Waals surface area contributed by atoms with E-state index >= 15 is 0 Å². The van der Waals surface area contributed by atoms with E-state index in [4.69, 9.17) is 4.74 Å². The van der Waals surface area contributed by atoms with Crippen LogP contribution in [-0.4, -0.2) is 40.9 Å². The van der Waals surface area contributed by atoms with Crippen LogP contribution in [0.15, 0.2) is 36.5 Å². The first-order valence-corrected chi connectivity index (χ1v) is 7.67. The molecule has 1 heterocycles. The highest BCUT2D eigenvalue weighted by Gasteiger charge is 2.21. The highest BCUT2D eigenvalue weighted by Crippen LogP contribution is 2.25. The normalized spacial score (nSPS) is 10.2. The molecule has 0 saturated heterocycles. The Bertz CT molecular complexity index is 803. The van der Waals surface area contributed by atoms with E-state index in [1.54, 1.807) is 37.3 Å². The average Bonchev–Trinajstić information content (AvgIpc) is 2.62. The van der Waals surface area contributed by atoms with Crippen LogP contribution < -0.4 is 5.32 Å². The van der Waals surface area contributed by atoms with E-state index in [1.165, 1.54) is 13.1 Å². The monoisotopic (exact) mass is 342 g/mol. The second kappa shape index (κ2) is 8.05. The molecule has 25 heavy (non-hydrogen) atoms. The number of nitrogens with zero attached hydrogens (tertiary/aromatic N) is 1. The van der Waals surface area contributed by atoms with Gasteiger partial charge in [0, 0.05) is 22.9 Å². The molecule has 0 atom stereocenters. The fourth-order valence-electron chi connectivity index (χ4n) is 2.18. The van der Waals surface area contributed by atoms with Crippen molar-refractivity contribution in [2.75, 3.05) is 13.2 Å². The van der Waals surface area contributed by atoms with Crippen LogP contribution in [0.25, 0.3) is 0 Å². The number of amides is 1. The van der Waals surface area contributed by atoms with Crippen molar-refractivity contribution in [2.45, 2.75) is 13.8 Å². The Morgan fingerprint density at radius 1 is 1.20 bits per heavy atom. The number of nitrogens with one attached hydrogen (secondary N) is 1. The van der Waals surface area contributed by atoms with E-state index in [0.717, 1.165) is 0 Å². The number of aromatic hydroxyl groups is 1. The summed E-state index contributed by atoms with van der Waals surface area (Å²) in [6.45, 7) is 3.04. The second-order valence-corrected chi connectivity index (χ2v) is 5.18. The van der Waals surface area contributed by atoms with Crippen LogP contribution >= 0.6 is 0 Å². The number of benzene rings is 1. The van der Waals surface area contributed by atoms with Crippen LogP contribution in [0.2, 0.25) is 0 Å². The zero-order valence-electron chi connectivity index (χ0n) is 13.9. The van der Waals surface area contributed by atoms with Crippen molar-refractivity contribution in [3.8, 4) is 5.75 Å². The van der Waals surface area contributed by atoms with Gasteiger partial charge in [0.15, 0.2) is 17.2 Å². The minimum atomic E-state index is -0.729. The van der Waals surface area contributed by atoms with Gasteiger partial charge >= 0.3 is 5.97 Å². The number of ketones is 1. The summed E-state index contributed by atoms with van der Waals surface area (Å²) in [6.07, 6.45) is 1.24. The number of carbonyl (C=O) groups excluding carboxylic acids is 3. The molecule has 7 heteroatoms. The van der Waals surface area contributed by atoms with Crippen molar-refractivity contribution >= 4 is 17.7 Å². The second-order valence-electron chi connectivity index (χ2n) is 5.18. The molecule has 0 fully saturated rings. The van der Waals surface area contributed by atoms with Gasteiger partial charge in [0.25, 0.3) is 5.91 Å². The van der Waals surface area contributed by atoms with Gasteiger partial charge in [0.1, 0.15) is 6.54 Å². The summed E-state index contributed by atoms with van der Waals surface area (Å²) >= 11 is 0. The summed E-state index contributed by atoms with van der Waals surface area (Å²) in [5.41, 5.74) is 0.633. The molecular formula is C18H18N2O5. The Morgan fingerprint density at radius 3 is 2.52 bits per heavy atom. The molecule has 0 radical (unpaired) electrons. The van der Waals surface area contributed by atoms with E-state index in [9.17, 15) is 19.5 Å². The third-order valence-corrected chi connectivity index (χ3v) is 3.50. The van der Waals surface area contributed by atoms with Crippen LogP contribution in [0, 0.1) is 6.92 Å². The Kier molecular flexibility index (Phi) is 5.84. The minimum Gasteiger partial charge on any atom is -0.505 e. The summed E-state index contributed by atoms with van der Waals surface area (Å²) in [5, 5.41) is 12.5. The lowest BCUT2D eigenvalue weighted by molar-refractivity contribution is -0.141. The number of rotatable bonds is 6. The predicted octanol–water partition coefficient (Wildman–Crippen LogP) is 1.62. The van der Waals surface area contributed by atoms with Crippen molar-refractivity contribution in [1.82, 2.24) is 10.3 Å². The Hall–Kier alpha value is -3.22. The molecule has 130 valence electrons. The maximum Gasteiger partial charge on any atom is 0.325 e. The predicted molar refractivity (Wildman–Crippen MR) is 89.5 cm³/mol. The molecule has 2 N–H and O–H groups in total. The SMILES string of the molecule is CCOC(=O)CNC(=O)c1ncc(C(=O)c2ccccc2)c(C)c1O. The van der Waals surface area contributed by atoms with E-state index in [2.05, 4.69) is 10.3 Å². The molecule has 0 aliphatic rings. The Labute approximate surface area is 144 Å². The quantitative estimate of drug-likeness (QED) is 0.610. The minimum absolute atomic E-state index is 0.200. The van der Waals surface area contributed by atoms with Gasteiger partial charge in [0.05, 0.1) is 6.61 Å². The largest absolute Gasteiger partial charge is 0.505 e. The van der Waals surface area contributed by atoms with Crippen molar-refractivity contribution < 1.29 is 24.2 Å². The van der Waals surface area contributed by atoms with E-state index in [-0.39, 0.29) is 35.8 Å². The molecule has 1 amide bonds. The summed E-state index contributed by atoms with van der Waals surface area (Å²) in [5.74, 6) is -2.03. The number of aromatic nitrogens is 1. The van der Waals surface area contributed by atoms with Gasteiger partial charge in [0.2, 0.25) is 0 Å². The highest BCUT2D eigenvalue weighted by atomic mass is 16.5. The zero-order valence-corrected chi connectivity index (χ0v) is 13.9. The molecule has 0 saturated carbocycles. The fourth-order valence-corrected chi connectivity index (χ4v) is 2.18. The maximum absolute atomic E-state index is 12.5. The van der Waals surface area contributed by atoms with Gasteiger partial charge < -0.3 is 15.2 Å². The van der Waals surface area contributed by atoms with Crippen molar-refractivity contribution in [3.05, 3.63) is 58.9 Å². The molecule has 0 spiro atoms. The molecule has 0 unspecified atom stereocenters. The Morgan fingerprint density at radius 2 is 1.88 bits per heavy atom. The van der Waals surface area contributed by atoms with Crippen molar-refractivity contribution in [2.24, 2.45) is 0 Å². The molecule has 0 bridgehead atoms. The molecule has 2 aromatic rings. The summed E-state index contributed by atoms with van der Waals surface area (Å²) < 4.78 is 4.70. The van der Waals surface area contributed by atoms with E-state index in [1.807, 2.05) is 0 Å². The van der Waals surface area contributed by atoms with Crippen LogP contribution in [0.1, 0.15) is 38.9 Å². The third-order valence-electron chi connectivity index (χ3n) is 3.50. The van der Waals surface area contributed by atoms with Gasteiger partial charge in [-0.3, -0.25) is 14.4 Å². The third kappa shape index (κ3) is 4.20. The number of pyridine rings is 1. The first-order valence-electron chi connectivity index (χ1n) is 7.67. The summed E-state index contributed by atoms with van der Waals surface area (Å²) in [7, 11) is 0. The van der Waals surface area contributed by atoms with Crippen LogP contribution in [-0.2, 0) is 9.53 Å². The molecule has 0 aliphatic heterocycles. The zero-order chi connectivity index (χ0) is 18.4. The van der Waals surface area contributed by atoms with E-state index in [0.29, 0.717) is 5.56 Å². The smallest absolute Gasteiger partial charge is 0.325 e. The summed E-state index contributed by atoms with van der Waals surface area (Å²) in [6, 6.07) is 8.55. The van der Waals surface area contributed by atoms with Crippen LogP contribution in [0.5, 0.6) is 5.75 Å². The van der Waals surface area contributed by atoms with Gasteiger partial charge in [-0.15, -0.1) is 0 Å². The Balaban J connectivity index is 2.21. The molecule has 2 rings (SSSR count). The highest BCUT2D eigenvalue weighted by molar-refractivity contribution is 6.10. The molecule has 1 aromatic heterocycles. The lowest BCUT2D eigenvalue weighted by Gasteiger charge is -2.11. The number of carbonyl (C=O) groups is 3. The summed E-state index contributed by atoms with van der Waals surface area (Å²) in [4.78, 5) is 39.7. The number of esters is 1. The number of ether oxygens (including phenoxy) is 1. The van der Waals surface area contributed by atoms with Crippen LogP contribution in [0.3, 0.4) is 0 Å². The topological polar surface area (TPSA) is 106 Å². The molecular weight excluding hydrogens is 324 g/mol. The first-order chi connectivity index (χ1) is 12.0.